The van der Waals surface area contributed by atoms with Crippen LogP contribution in [-0.4, -0.2) is 66.2 Å². The second kappa shape index (κ2) is 12.7. The molecule has 0 aliphatic carbocycles. The maximum atomic E-state index is 14.2. The molecule has 13 heteroatoms. The number of rotatable bonds is 10. The number of carbonyl (C=O) groups is 1. The third-order valence-electron chi connectivity index (χ3n) is 6.96. The van der Waals surface area contributed by atoms with Gasteiger partial charge in [-0.3, -0.25) is 4.79 Å². The van der Waals surface area contributed by atoms with Crippen molar-refractivity contribution in [2.24, 2.45) is 0 Å². The smallest absolute Gasteiger partial charge is 0.247 e. The Morgan fingerprint density at radius 3 is 2.55 bits per heavy atom. The van der Waals surface area contributed by atoms with Crippen LogP contribution in [0.15, 0.2) is 43.1 Å². The fourth-order valence-corrected chi connectivity index (χ4v) is 4.98. The Labute approximate surface area is 254 Å². The van der Waals surface area contributed by atoms with Gasteiger partial charge in [-0.25, -0.2) is 9.37 Å². The summed E-state index contributed by atoms with van der Waals surface area (Å²) in [6, 6.07) is 6.48. The van der Waals surface area contributed by atoms with Gasteiger partial charge < -0.3 is 35.6 Å². The molecule has 2 aromatic carbocycles. The van der Waals surface area contributed by atoms with E-state index in [1.807, 2.05) is 20.2 Å². The number of aliphatic hydroxyl groups is 1. The first-order chi connectivity index (χ1) is 19.8. The molecule has 3 aromatic rings. The molecule has 0 bridgehead atoms. The van der Waals surface area contributed by atoms with Crippen LogP contribution in [0.3, 0.4) is 0 Å². The number of hydrogen-bond donors (Lipinski definition) is 4. The molecule has 0 saturated carbocycles. The number of amides is 1. The maximum Gasteiger partial charge on any atom is 0.247 e. The second-order valence-corrected chi connectivity index (χ2v) is 11.4. The van der Waals surface area contributed by atoms with Crippen LogP contribution in [0, 0.1) is 5.82 Å². The topological polar surface area (TPSA) is 115 Å². The summed E-state index contributed by atoms with van der Waals surface area (Å²) in [7, 11) is 5.64. The molecule has 1 aliphatic rings. The summed E-state index contributed by atoms with van der Waals surface area (Å²) >= 11 is 12.4. The van der Waals surface area contributed by atoms with Crippen molar-refractivity contribution < 1.29 is 19.0 Å². The molecule has 1 aromatic heterocycles. The predicted molar refractivity (Wildman–Crippen MR) is 166 cm³/mol. The summed E-state index contributed by atoms with van der Waals surface area (Å²) < 4.78 is 19.9. The van der Waals surface area contributed by atoms with Crippen molar-refractivity contribution in [2.75, 3.05) is 55.1 Å². The van der Waals surface area contributed by atoms with Gasteiger partial charge in [0.05, 0.1) is 41.0 Å². The van der Waals surface area contributed by atoms with Crippen LogP contribution in [-0.2, 0) is 10.4 Å². The molecule has 2 heterocycles. The monoisotopic (exact) mass is 617 g/mol. The Balaban J connectivity index is 1.70. The second-order valence-electron chi connectivity index (χ2n) is 10.6. The van der Waals surface area contributed by atoms with E-state index in [1.54, 1.807) is 13.2 Å². The number of hydrogen-bond acceptors (Lipinski definition) is 9. The summed E-state index contributed by atoms with van der Waals surface area (Å²) in [5.74, 6) is -0.189. The van der Waals surface area contributed by atoms with Crippen LogP contribution in [0.25, 0.3) is 0 Å². The highest BCUT2D eigenvalue weighted by Gasteiger charge is 2.28. The average Bonchev–Trinajstić information content (AvgIpc) is 3.42. The van der Waals surface area contributed by atoms with Crippen LogP contribution in [0.1, 0.15) is 25.8 Å². The summed E-state index contributed by atoms with van der Waals surface area (Å²) in [5.41, 5.74) is 1.04. The molecule has 0 radical (unpaired) electrons. The summed E-state index contributed by atoms with van der Waals surface area (Å²) in [5, 5.41) is 19.7. The number of aromatic nitrogens is 2. The number of methoxy groups -OCH3 is 1. The van der Waals surface area contributed by atoms with Crippen molar-refractivity contribution in [3.8, 4) is 5.75 Å². The zero-order valence-electron chi connectivity index (χ0n) is 24.1. The third kappa shape index (κ3) is 7.04. The highest BCUT2D eigenvalue weighted by molar-refractivity contribution is 6.33. The van der Waals surface area contributed by atoms with Gasteiger partial charge in [-0.1, -0.05) is 29.8 Å². The Hall–Kier alpha value is -3.64. The van der Waals surface area contributed by atoms with Crippen molar-refractivity contribution in [2.45, 2.75) is 31.9 Å². The molecule has 1 aliphatic heterocycles. The Morgan fingerprint density at radius 1 is 1.19 bits per heavy atom. The van der Waals surface area contributed by atoms with Crippen molar-refractivity contribution in [3.05, 3.63) is 64.5 Å². The molecule has 0 spiro atoms. The van der Waals surface area contributed by atoms with Crippen LogP contribution in [0.2, 0.25) is 10.0 Å². The van der Waals surface area contributed by atoms with Crippen LogP contribution >= 0.6 is 23.2 Å². The number of likely N-dealkylation sites (N-methyl/N-ethyl adjacent to an activating group) is 1. The molecule has 10 nitrogen and oxygen atoms in total. The van der Waals surface area contributed by atoms with Crippen LogP contribution in [0.4, 0.5) is 38.9 Å². The number of anilines is 6. The van der Waals surface area contributed by atoms with E-state index in [9.17, 15) is 14.3 Å². The molecule has 1 amide bonds. The summed E-state index contributed by atoms with van der Waals surface area (Å²) in [4.78, 5) is 25.5. The van der Waals surface area contributed by atoms with Gasteiger partial charge in [0, 0.05) is 36.4 Å². The molecule has 42 heavy (non-hydrogen) atoms. The largest absolute Gasteiger partial charge is 0.494 e. The number of halogens is 3. The molecule has 1 atom stereocenters. The first-order valence-corrected chi connectivity index (χ1v) is 13.9. The van der Waals surface area contributed by atoms with Crippen molar-refractivity contribution in [1.82, 2.24) is 14.9 Å². The lowest BCUT2D eigenvalue weighted by atomic mass is 9.96. The van der Waals surface area contributed by atoms with Gasteiger partial charge >= 0.3 is 0 Å². The number of carbonyl (C=O) groups excluding carboxylic acids is 1. The minimum Gasteiger partial charge on any atom is -0.494 e. The van der Waals surface area contributed by atoms with E-state index < -0.39 is 11.4 Å². The Bertz CT molecular complexity index is 1500. The quantitative estimate of drug-likeness (QED) is 0.206. The SMILES string of the molecule is C=CC(=O)Nc1cc(Nc2ncc(Cl)c(Nc3cc(Cl)c(F)cc3C(C)(C)O)n2)c(OC)cc1N1CC[C@@H](N(C)C)C1. The number of nitrogens with zero attached hydrogens (tertiary/aromatic N) is 4. The number of ether oxygens (including phenoxy) is 1. The molecular weight excluding hydrogens is 584 g/mol. The first kappa shape index (κ1) is 31.3. The maximum absolute atomic E-state index is 14.2. The van der Waals surface area contributed by atoms with Gasteiger partial charge in [0.25, 0.3) is 0 Å². The van der Waals surface area contributed by atoms with Crippen LogP contribution < -0.4 is 25.6 Å². The predicted octanol–water partition coefficient (Wildman–Crippen LogP) is 5.91. The van der Waals surface area contributed by atoms with Gasteiger partial charge in [-0.2, -0.15) is 4.98 Å². The van der Waals surface area contributed by atoms with Crippen molar-refractivity contribution in [3.63, 3.8) is 0 Å². The lowest BCUT2D eigenvalue weighted by molar-refractivity contribution is -0.111. The zero-order chi connectivity index (χ0) is 30.8. The van der Waals surface area contributed by atoms with E-state index in [1.165, 1.54) is 32.2 Å². The summed E-state index contributed by atoms with van der Waals surface area (Å²) in [6.07, 6.45) is 3.57. The van der Waals surface area contributed by atoms with Gasteiger partial charge in [0.2, 0.25) is 11.9 Å². The third-order valence-corrected chi connectivity index (χ3v) is 7.52. The van der Waals surface area contributed by atoms with E-state index in [0.717, 1.165) is 31.3 Å². The highest BCUT2D eigenvalue weighted by Crippen LogP contribution is 2.40. The van der Waals surface area contributed by atoms with Crippen molar-refractivity contribution >= 4 is 63.6 Å². The van der Waals surface area contributed by atoms with E-state index in [4.69, 9.17) is 27.9 Å². The van der Waals surface area contributed by atoms with Gasteiger partial charge in [-0.15, -0.1) is 0 Å². The molecule has 224 valence electrons. The Morgan fingerprint density at radius 2 is 1.93 bits per heavy atom. The fourth-order valence-electron chi connectivity index (χ4n) is 4.68. The zero-order valence-corrected chi connectivity index (χ0v) is 25.6. The molecule has 4 rings (SSSR count). The van der Waals surface area contributed by atoms with Gasteiger partial charge in [0.1, 0.15) is 16.6 Å². The lowest BCUT2D eigenvalue weighted by Gasteiger charge is -2.25. The lowest BCUT2D eigenvalue weighted by Crippen LogP contribution is -2.31. The van der Waals surface area contributed by atoms with Crippen molar-refractivity contribution in [1.29, 1.82) is 0 Å². The number of nitrogens with one attached hydrogen (secondary N) is 3. The summed E-state index contributed by atoms with van der Waals surface area (Å²) in [6.45, 7) is 8.22. The Kier molecular flexibility index (Phi) is 9.47. The number of benzene rings is 2. The average molecular weight is 619 g/mol. The highest BCUT2D eigenvalue weighted by atomic mass is 35.5. The van der Waals surface area contributed by atoms with E-state index in [-0.39, 0.29) is 33.3 Å². The van der Waals surface area contributed by atoms with Gasteiger partial charge in [-0.05, 0) is 58.6 Å². The molecule has 1 fully saturated rings. The van der Waals surface area contributed by atoms with E-state index in [2.05, 4.69) is 42.3 Å². The van der Waals surface area contributed by atoms with E-state index >= 15 is 0 Å². The minimum atomic E-state index is -1.39. The molecule has 0 unspecified atom stereocenters. The molecular formula is C29H34Cl2FN7O3. The van der Waals surface area contributed by atoms with Crippen LogP contribution in [0.5, 0.6) is 5.75 Å². The minimum absolute atomic E-state index is 0.136. The van der Waals surface area contributed by atoms with Gasteiger partial charge in [0.15, 0.2) is 5.82 Å². The molecule has 1 saturated heterocycles. The fraction of sp³-hybridized carbons (Fsp3) is 0.345. The standard InChI is InChI=1S/C29H34Cl2FN7O3/c1-7-26(40)34-22-12-23(25(42-6)13-24(22)39-9-8-16(15-39)38(4)5)36-28-33-14-19(31)27(37-28)35-21-11-18(30)20(32)10-17(21)29(2,3)41/h7,10-14,16,41H,1,8-9,15H2,2-6H3,(H,34,40)(H2,33,35,36,37)/t16-/m1/s1. The first-order valence-electron chi connectivity index (χ1n) is 13.2. The normalized spacial score (nSPS) is 15.1. The molecule has 4 N–H and O–H groups in total. The van der Waals surface area contributed by atoms with E-state index in [0.29, 0.717) is 28.9 Å².